The van der Waals surface area contributed by atoms with E-state index in [2.05, 4.69) is 0 Å². The first kappa shape index (κ1) is 24.2. The third-order valence-corrected chi connectivity index (χ3v) is 15.6. The fourth-order valence-corrected chi connectivity index (χ4v) is 12.5. The standard InChI is InChI=1S/C78H50B2N4O2/c1-7-25-51(26-8-1)81(52-27-9-2-10-28-52)57-47-69-75-71(49-57)85-77-65(79(75)63-39-21-23-41-67(63)83(69)55-33-15-5-16-34-55)45-43-61-62-44-46-66-78(74(62)60-38-20-19-37-59(60)73(61)77)86-72-50-58(82(53-29-11-3-12-30-53)54-31-13-4-14-32-54)48-70-76(72)80(66)64-40-22-24-42-68(64)84(70)56-35-17-6-18-36-56/h1-50H/i1D,2D,3D,4D,5D,6D,7D,8D,9D,10D,11D,12D,13D,14D,15D,16D,17D,18D,21D,22D,23D,24D,25D,26D,27D,28D,29D,30D,31D,32D,33D,34D,35D,36D,39D,40D,41D,42D. The Hall–Kier alpha value is -11.2. The van der Waals surface area contributed by atoms with Gasteiger partial charge in [-0.15, -0.1) is 0 Å². The highest BCUT2D eigenvalue weighted by Gasteiger charge is 2.46. The zero-order valence-electron chi connectivity index (χ0n) is 81.7. The Balaban J connectivity index is 0.977. The highest BCUT2D eigenvalue weighted by atomic mass is 16.5. The number of rotatable bonds is 8. The van der Waals surface area contributed by atoms with E-state index in [1.54, 1.807) is 48.5 Å². The third kappa shape index (κ3) is 7.23. The molecule has 0 atom stereocenters. The number of fused-ring (bicyclic) bond motifs is 16. The maximum Gasteiger partial charge on any atom is 0.256 e. The number of nitrogens with zero attached hydrogens (tertiary/aromatic N) is 4. The number of benzene rings is 14. The second-order valence-electron chi connectivity index (χ2n) is 19.9. The summed E-state index contributed by atoms with van der Waals surface area (Å²) in [5, 5.41) is 1.35. The van der Waals surface area contributed by atoms with Gasteiger partial charge in [0.1, 0.15) is 23.0 Å². The average molecular weight is 1140 g/mol. The topological polar surface area (TPSA) is 31.4 Å². The Kier molecular flexibility index (Phi) is 5.39. The van der Waals surface area contributed by atoms with E-state index < -0.39 is 300 Å². The second kappa shape index (κ2) is 19.2. The molecule has 0 fully saturated rings. The number of hydrogen-bond acceptors (Lipinski definition) is 6. The predicted octanol–water partition coefficient (Wildman–Crippen LogP) is 16.9. The molecule has 0 aliphatic carbocycles. The number of ether oxygens (including phenoxy) is 2. The van der Waals surface area contributed by atoms with Crippen molar-refractivity contribution < 1.29 is 61.6 Å². The van der Waals surface area contributed by atoms with Crippen molar-refractivity contribution in [2.45, 2.75) is 0 Å². The monoisotopic (exact) mass is 1130 g/mol. The van der Waals surface area contributed by atoms with Gasteiger partial charge in [-0.2, -0.15) is 0 Å². The number of hydrogen-bond donors (Lipinski definition) is 0. The van der Waals surface area contributed by atoms with Gasteiger partial charge in [-0.1, -0.05) is 194 Å². The van der Waals surface area contributed by atoms with Crippen molar-refractivity contribution >= 4 is 147 Å². The molecule has 4 aliphatic rings. The molecule has 0 N–H and O–H groups in total. The molecule has 0 amide bonds. The van der Waals surface area contributed by atoms with Crippen molar-refractivity contribution in [1.82, 2.24) is 0 Å². The smallest absolute Gasteiger partial charge is 0.256 e. The maximum absolute atomic E-state index is 10.0. The Morgan fingerprint density at radius 3 is 1.00 bits per heavy atom. The van der Waals surface area contributed by atoms with Gasteiger partial charge in [0.05, 0.1) is 63.5 Å². The summed E-state index contributed by atoms with van der Waals surface area (Å²) in [5.74, 6) is -0.963. The van der Waals surface area contributed by atoms with Crippen LogP contribution in [0.15, 0.2) is 302 Å². The van der Waals surface area contributed by atoms with Crippen LogP contribution in [-0.4, -0.2) is 13.4 Å². The fraction of sp³-hybridized carbons (Fsp3) is 0. The lowest BCUT2D eigenvalue weighted by atomic mass is 9.34. The summed E-state index contributed by atoms with van der Waals surface area (Å²) in [7, 11) is 0. The fourth-order valence-electron chi connectivity index (χ4n) is 12.5. The van der Waals surface area contributed by atoms with Gasteiger partial charge >= 0.3 is 0 Å². The predicted molar refractivity (Wildman–Crippen MR) is 360 cm³/mol. The molecule has 0 spiro atoms. The summed E-state index contributed by atoms with van der Waals surface area (Å²) in [6.45, 7) is -3.04. The molecule has 86 heavy (non-hydrogen) atoms. The summed E-state index contributed by atoms with van der Waals surface area (Å²) in [4.78, 5) is 3.47. The summed E-state index contributed by atoms with van der Waals surface area (Å²) in [6.07, 6.45) is 0. The van der Waals surface area contributed by atoms with Crippen molar-refractivity contribution in [1.29, 1.82) is 0 Å². The maximum atomic E-state index is 10.0. The summed E-state index contributed by atoms with van der Waals surface area (Å²) in [6, 6.07) is -17.5. The van der Waals surface area contributed by atoms with Gasteiger partial charge < -0.3 is 29.1 Å². The Morgan fingerprint density at radius 2 is 0.628 bits per heavy atom. The van der Waals surface area contributed by atoms with Gasteiger partial charge in [-0.25, -0.2) is 0 Å². The van der Waals surface area contributed by atoms with Crippen LogP contribution < -0.4 is 61.9 Å². The molecule has 4 aliphatic heterocycles. The van der Waals surface area contributed by atoms with Gasteiger partial charge in [0.15, 0.2) is 0 Å². The Morgan fingerprint density at radius 1 is 0.302 bits per heavy atom. The van der Waals surface area contributed by atoms with Gasteiger partial charge in [0.25, 0.3) is 13.4 Å². The summed E-state index contributed by atoms with van der Waals surface area (Å²) in [5.41, 5.74) is -8.00. The number of para-hydroxylation sites is 8. The summed E-state index contributed by atoms with van der Waals surface area (Å²) < 4.78 is 366. The Bertz CT molecular complexity index is 6680. The van der Waals surface area contributed by atoms with E-state index in [9.17, 15) is 27.4 Å². The Labute approximate surface area is 552 Å². The minimum Gasteiger partial charge on any atom is -0.458 e. The minimum atomic E-state index is -1.52. The van der Waals surface area contributed by atoms with Crippen molar-refractivity contribution in [2.75, 3.05) is 19.6 Å². The molecule has 0 bridgehead atoms. The highest BCUT2D eigenvalue weighted by Crippen LogP contribution is 2.52. The van der Waals surface area contributed by atoms with Gasteiger partial charge in [0.2, 0.25) is 0 Å². The van der Waals surface area contributed by atoms with E-state index in [-0.39, 0.29) is 99.5 Å². The second-order valence-corrected chi connectivity index (χ2v) is 19.9. The van der Waals surface area contributed by atoms with Crippen LogP contribution in [0.5, 0.6) is 23.0 Å². The van der Waals surface area contributed by atoms with Crippen LogP contribution in [0.3, 0.4) is 0 Å². The lowest BCUT2D eigenvalue weighted by Crippen LogP contribution is -2.59. The third-order valence-electron chi connectivity index (χ3n) is 15.6. The van der Waals surface area contributed by atoms with Gasteiger partial charge in [-0.3, -0.25) is 0 Å². The van der Waals surface area contributed by atoms with Crippen LogP contribution in [0.2, 0.25) is 0 Å². The molecule has 0 radical (unpaired) electrons. The quantitative estimate of drug-likeness (QED) is 0.111. The lowest BCUT2D eigenvalue weighted by Gasteiger charge is -2.41. The lowest BCUT2D eigenvalue weighted by molar-refractivity contribution is 0.493. The molecular formula is C78H50B2N4O2. The van der Waals surface area contributed by atoms with Crippen molar-refractivity contribution in [3.63, 3.8) is 0 Å². The van der Waals surface area contributed by atoms with E-state index in [0.29, 0.717) is 0 Å². The molecule has 0 unspecified atom stereocenters. The van der Waals surface area contributed by atoms with Gasteiger partial charge in [0, 0.05) is 79.8 Å². The SMILES string of the molecule is [2H]c1c([2H])c([2H])c(N(c2cc3c4c(c2)N(c2c([2H])c([2H])c([2H])c([2H])c2[2H])c2c([2H])c([2H])c([2H])c([2H])c2B4c2ccc4c5ccc6c(c5c5ccccc5c4c2O3)Oc2cc(N(c3c([2H])c([2H])c([2H])c([2H])c3[2H])c3c([2H])c([2H])c([2H])c([2H])c3[2H])cc3c2B6c2c([2H])c([2H])c([2H])c([2H])c2N3c2c([2H])c([2H])c([2H])c([2H])c2[2H])c2c([2H])c([2H])c([2H])c([2H])c2[2H])c([2H])c1[2H]. The van der Waals surface area contributed by atoms with Gasteiger partial charge in [-0.05, 0) is 151 Å². The van der Waals surface area contributed by atoms with E-state index in [1.165, 1.54) is 12.1 Å². The van der Waals surface area contributed by atoms with Crippen LogP contribution in [0, 0.1) is 0 Å². The molecular weight excluding hydrogens is 1050 g/mol. The largest absolute Gasteiger partial charge is 0.458 e. The molecule has 0 aromatic heterocycles. The first-order valence-corrected chi connectivity index (χ1v) is 26.4. The molecule has 6 nitrogen and oxygen atoms in total. The van der Waals surface area contributed by atoms with Crippen molar-refractivity contribution in [3.8, 4) is 23.0 Å². The molecule has 14 aromatic rings. The summed E-state index contributed by atoms with van der Waals surface area (Å²) >= 11 is 0. The van der Waals surface area contributed by atoms with Crippen LogP contribution in [0.1, 0.15) is 52.1 Å². The number of anilines is 12. The van der Waals surface area contributed by atoms with E-state index in [4.69, 9.17) is 34.1 Å². The van der Waals surface area contributed by atoms with E-state index >= 15 is 0 Å². The minimum absolute atomic E-state index is 0.0837. The van der Waals surface area contributed by atoms with Crippen molar-refractivity contribution in [3.05, 3.63) is 302 Å². The molecule has 0 saturated carbocycles. The molecule has 400 valence electrons. The normalized spacial score (nSPS) is 19.2. The molecule has 4 heterocycles. The van der Waals surface area contributed by atoms with E-state index in [0.717, 1.165) is 31.7 Å². The first-order valence-electron chi connectivity index (χ1n) is 45.4. The molecule has 0 saturated heterocycles. The highest BCUT2D eigenvalue weighted by molar-refractivity contribution is 7.00. The first-order chi connectivity index (χ1) is 58.5. The zero-order valence-corrected chi connectivity index (χ0v) is 43.7. The molecule has 8 heteroatoms. The van der Waals surface area contributed by atoms with E-state index in [1.807, 2.05) is 0 Å². The average Bonchev–Trinajstić information content (AvgIpc) is 0.681. The van der Waals surface area contributed by atoms with Crippen LogP contribution in [-0.2, 0) is 0 Å². The van der Waals surface area contributed by atoms with Crippen LogP contribution in [0.25, 0.3) is 32.3 Å². The van der Waals surface area contributed by atoms with Crippen LogP contribution in [0.4, 0.5) is 68.2 Å². The zero-order chi connectivity index (χ0) is 89.5. The van der Waals surface area contributed by atoms with Crippen LogP contribution >= 0.6 is 0 Å². The molecule has 18 rings (SSSR count). The molecule has 14 aromatic carbocycles. The van der Waals surface area contributed by atoms with Crippen molar-refractivity contribution in [2.24, 2.45) is 0 Å².